The molecule has 9 rings (SSSR count). The van der Waals surface area contributed by atoms with Gasteiger partial charge in [-0.05, 0) is 118 Å². The van der Waals surface area contributed by atoms with Gasteiger partial charge >= 0.3 is 0 Å². The third-order valence-corrected chi connectivity index (χ3v) is 10.5. The number of hydrogen-bond acceptors (Lipinski definition) is 1. The number of fused-ring (bicyclic) bond motifs is 4. The molecule has 7 aromatic carbocycles. The van der Waals surface area contributed by atoms with Crippen molar-refractivity contribution in [1.29, 1.82) is 0 Å². The first-order valence-corrected chi connectivity index (χ1v) is 17.8. The third kappa shape index (κ3) is 5.37. The maximum atomic E-state index is 6.92. The summed E-state index contributed by atoms with van der Waals surface area (Å²) >= 11 is 0. The molecule has 2 heteroatoms. The van der Waals surface area contributed by atoms with E-state index in [-0.39, 0.29) is 0 Å². The highest BCUT2D eigenvalue weighted by Gasteiger charge is 2.21. The van der Waals surface area contributed by atoms with Gasteiger partial charge in [-0.3, -0.25) is 0 Å². The van der Waals surface area contributed by atoms with Crippen molar-refractivity contribution in [3.05, 3.63) is 204 Å². The fourth-order valence-electron chi connectivity index (χ4n) is 7.99. The Morgan fingerprint density at radius 2 is 1.25 bits per heavy atom. The number of allylic oxidation sites excluding steroid dienone is 5. The SMILES string of the molecule is C/C=C(/c1ccc2ccccc2c1)c1ccccc1-c1ccccc1C1=C(N)CCC(c2ccc3c(c2)c2ccccc2n3-c2ccccc2)=C1. The number of benzene rings is 7. The highest BCUT2D eigenvalue weighted by Crippen LogP contribution is 2.42. The Hall–Kier alpha value is -6.38. The van der Waals surface area contributed by atoms with Gasteiger partial charge in [0.05, 0.1) is 11.0 Å². The predicted octanol–water partition coefficient (Wildman–Crippen LogP) is 12.6. The fraction of sp³-hybridized carbons (Fsp3) is 0.0612. The van der Waals surface area contributed by atoms with Gasteiger partial charge in [-0.15, -0.1) is 0 Å². The van der Waals surface area contributed by atoms with Crippen molar-refractivity contribution in [2.45, 2.75) is 19.8 Å². The first-order chi connectivity index (χ1) is 25.2. The lowest BCUT2D eigenvalue weighted by molar-refractivity contribution is 0.964. The second-order valence-electron chi connectivity index (χ2n) is 13.4. The van der Waals surface area contributed by atoms with Gasteiger partial charge in [-0.25, -0.2) is 0 Å². The molecule has 0 fully saturated rings. The summed E-state index contributed by atoms with van der Waals surface area (Å²) in [6.07, 6.45) is 6.31. The van der Waals surface area contributed by atoms with Crippen LogP contribution in [0.4, 0.5) is 0 Å². The van der Waals surface area contributed by atoms with Crippen LogP contribution >= 0.6 is 0 Å². The maximum absolute atomic E-state index is 6.92. The lowest BCUT2D eigenvalue weighted by atomic mass is 9.83. The second kappa shape index (κ2) is 12.8. The van der Waals surface area contributed by atoms with Crippen molar-refractivity contribution in [3.63, 3.8) is 0 Å². The van der Waals surface area contributed by atoms with E-state index in [1.54, 1.807) is 0 Å². The van der Waals surface area contributed by atoms with E-state index in [4.69, 9.17) is 5.73 Å². The molecule has 244 valence electrons. The van der Waals surface area contributed by atoms with Crippen LogP contribution in [-0.4, -0.2) is 4.57 Å². The van der Waals surface area contributed by atoms with Crippen LogP contribution in [0, 0.1) is 0 Å². The lowest BCUT2D eigenvalue weighted by Crippen LogP contribution is -2.07. The average molecular weight is 655 g/mol. The Labute approximate surface area is 299 Å². The highest BCUT2D eigenvalue weighted by atomic mass is 15.0. The van der Waals surface area contributed by atoms with Crippen LogP contribution < -0.4 is 5.73 Å². The van der Waals surface area contributed by atoms with E-state index in [1.165, 1.54) is 77.2 Å². The summed E-state index contributed by atoms with van der Waals surface area (Å²) in [5.74, 6) is 0. The smallest absolute Gasteiger partial charge is 0.0541 e. The lowest BCUT2D eigenvalue weighted by Gasteiger charge is -2.22. The molecule has 0 radical (unpaired) electrons. The largest absolute Gasteiger partial charge is 0.402 e. The molecule has 0 amide bonds. The average Bonchev–Trinajstić information content (AvgIpc) is 3.53. The first-order valence-electron chi connectivity index (χ1n) is 17.8. The number of nitrogens with zero attached hydrogens (tertiary/aromatic N) is 1. The summed E-state index contributed by atoms with van der Waals surface area (Å²) in [6, 6.07) is 59.2. The molecule has 0 saturated carbocycles. The maximum Gasteiger partial charge on any atom is 0.0541 e. The summed E-state index contributed by atoms with van der Waals surface area (Å²) in [4.78, 5) is 0. The molecule has 8 aromatic rings. The molecule has 2 nitrogen and oxygen atoms in total. The molecule has 1 aliphatic carbocycles. The van der Waals surface area contributed by atoms with E-state index in [2.05, 4.69) is 187 Å². The molecule has 0 atom stereocenters. The Morgan fingerprint density at radius 3 is 2.10 bits per heavy atom. The minimum Gasteiger partial charge on any atom is -0.402 e. The van der Waals surface area contributed by atoms with Crippen LogP contribution in [0.2, 0.25) is 0 Å². The van der Waals surface area contributed by atoms with Gasteiger partial charge in [0, 0.05) is 27.7 Å². The second-order valence-corrected chi connectivity index (χ2v) is 13.4. The Balaban J connectivity index is 1.15. The van der Waals surface area contributed by atoms with Gasteiger partial charge < -0.3 is 10.3 Å². The van der Waals surface area contributed by atoms with Gasteiger partial charge in [0.2, 0.25) is 0 Å². The number of para-hydroxylation sites is 2. The van der Waals surface area contributed by atoms with E-state index < -0.39 is 0 Å². The molecular weight excluding hydrogens is 617 g/mol. The standard InChI is InChI=1S/C49H38N2/c1-2-39(37-25-24-33-14-6-7-15-34(33)30-37)40-18-8-9-19-41(40)42-20-10-11-21-43(42)45-31-35(26-28-47(45)50)36-27-29-49-46(32-36)44-22-12-13-23-48(44)51(49)38-16-4-3-5-17-38/h2-25,27,29-32H,26,28,50H2,1H3/b39-2-. The van der Waals surface area contributed by atoms with E-state index in [0.717, 1.165) is 29.7 Å². The van der Waals surface area contributed by atoms with Crippen molar-refractivity contribution in [2.75, 3.05) is 0 Å². The quantitative estimate of drug-likeness (QED) is 0.190. The van der Waals surface area contributed by atoms with Crippen LogP contribution in [0.15, 0.2) is 182 Å². The molecule has 0 saturated heterocycles. The number of aromatic nitrogens is 1. The topological polar surface area (TPSA) is 30.9 Å². The Morgan fingerprint density at radius 1 is 0.569 bits per heavy atom. The fourth-order valence-corrected chi connectivity index (χ4v) is 7.99. The van der Waals surface area contributed by atoms with Crippen molar-refractivity contribution < 1.29 is 0 Å². The Bertz CT molecular complexity index is 2700. The first kappa shape index (κ1) is 30.7. The van der Waals surface area contributed by atoms with Crippen molar-refractivity contribution in [2.24, 2.45) is 5.73 Å². The summed E-state index contributed by atoms with van der Waals surface area (Å²) < 4.78 is 2.37. The van der Waals surface area contributed by atoms with E-state index >= 15 is 0 Å². The molecule has 1 aromatic heterocycles. The van der Waals surface area contributed by atoms with E-state index in [9.17, 15) is 0 Å². The van der Waals surface area contributed by atoms with Gasteiger partial charge in [-0.2, -0.15) is 0 Å². The monoisotopic (exact) mass is 654 g/mol. The molecule has 0 unspecified atom stereocenters. The molecule has 0 aliphatic heterocycles. The van der Waals surface area contributed by atoms with Crippen LogP contribution in [0.5, 0.6) is 0 Å². The summed E-state index contributed by atoms with van der Waals surface area (Å²) in [5.41, 5.74) is 22.3. The van der Waals surface area contributed by atoms with Crippen LogP contribution in [-0.2, 0) is 0 Å². The zero-order valence-corrected chi connectivity index (χ0v) is 28.7. The van der Waals surface area contributed by atoms with Crippen LogP contribution in [0.3, 0.4) is 0 Å². The third-order valence-electron chi connectivity index (χ3n) is 10.5. The summed E-state index contributed by atoms with van der Waals surface area (Å²) in [6.45, 7) is 2.14. The zero-order valence-electron chi connectivity index (χ0n) is 28.7. The molecule has 2 N–H and O–H groups in total. The van der Waals surface area contributed by atoms with Gasteiger partial charge in [0.15, 0.2) is 0 Å². The number of rotatable bonds is 6. The molecule has 1 heterocycles. The summed E-state index contributed by atoms with van der Waals surface area (Å²) in [5, 5.41) is 5.02. The van der Waals surface area contributed by atoms with Crippen molar-refractivity contribution in [3.8, 4) is 16.8 Å². The molecule has 0 bridgehead atoms. The minimum absolute atomic E-state index is 0.818. The van der Waals surface area contributed by atoms with Gasteiger partial charge in [0.25, 0.3) is 0 Å². The van der Waals surface area contributed by atoms with Gasteiger partial charge in [0.1, 0.15) is 0 Å². The minimum atomic E-state index is 0.818. The van der Waals surface area contributed by atoms with Crippen LogP contribution in [0.1, 0.15) is 42.0 Å². The molecule has 0 spiro atoms. The summed E-state index contributed by atoms with van der Waals surface area (Å²) in [7, 11) is 0. The van der Waals surface area contributed by atoms with E-state index in [0.29, 0.717) is 0 Å². The van der Waals surface area contributed by atoms with Crippen molar-refractivity contribution >= 4 is 49.3 Å². The number of nitrogens with two attached hydrogens (primary N) is 1. The Kier molecular flexibility index (Phi) is 7.71. The normalized spacial score (nSPS) is 13.7. The number of hydrogen-bond donors (Lipinski definition) is 1. The van der Waals surface area contributed by atoms with Crippen molar-refractivity contribution in [1.82, 2.24) is 4.57 Å². The molecule has 1 aliphatic rings. The molecular formula is C49H38N2. The highest BCUT2D eigenvalue weighted by molar-refractivity contribution is 6.10. The predicted molar refractivity (Wildman–Crippen MR) is 218 cm³/mol. The zero-order chi connectivity index (χ0) is 34.3. The van der Waals surface area contributed by atoms with Gasteiger partial charge in [-0.1, -0.05) is 133 Å². The van der Waals surface area contributed by atoms with E-state index in [1.807, 2.05) is 0 Å². The van der Waals surface area contributed by atoms with Crippen LogP contribution in [0.25, 0.3) is 66.1 Å². The molecule has 51 heavy (non-hydrogen) atoms.